The van der Waals surface area contributed by atoms with Crippen molar-refractivity contribution in [1.29, 1.82) is 5.26 Å². The fourth-order valence-electron chi connectivity index (χ4n) is 1.26. The zero-order valence-corrected chi connectivity index (χ0v) is 9.64. The molecule has 0 aliphatic rings. The zero-order chi connectivity index (χ0) is 11.8. The van der Waals surface area contributed by atoms with Crippen molar-refractivity contribution < 1.29 is 0 Å². The fourth-order valence-corrected chi connectivity index (χ4v) is 1.26. The summed E-state index contributed by atoms with van der Waals surface area (Å²) >= 11 is 0. The van der Waals surface area contributed by atoms with Gasteiger partial charge in [0.1, 0.15) is 0 Å². The third-order valence-electron chi connectivity index (χ3n) is 1.94. The van der Waals surface area contributed by atoms with Crippen LogP contribution in [0, 0.1) is 11.3 Å². The van der Waals surface area contributed by atoms with Crippen molar-refractivity contribution in [2.75, 3.05) is 0 Å². The van der Waals surface area contributed by atoms with Crippen LogP contribution in [0.5, 0.6) is 0 Å². The minimum atomic E-state index is 0.673. The van der Waals surface area contributed by atoms with E-state index in [1.54, 1.807) is 0 Å². The lowest BCUT2D eigenvalue weighted by atomic mass is 10.1. The maximum atomic E-state index is 8.88. The summed E-state index contributed by atoms with van der Waals surface area (Å²) < 4.78 is 0. The quantitative estimate of drug-likeness (QED) is 0.542. The Labute approximate surface area is 97.0 Å². The van der Waals surface area contributed by atoms with E-state index < -0.39 is 0 Å². The van der Waals surface area contributed by atoms with E-state index in [-0.39, 0.29) is 0 Å². The highest BCUT2D eigenvalue weighted by Crippen LogP contribution is 2.04. The number of allylic oxidation sites excluding steroid dienone is 5. The Hall–Kier alpha value is -2.07. The topological polar surface area (TPSA) is 23.8 Å². The first kappa shape index (κ1) is 12.0. The summed E-state index contributed by atoms with van der Waals surface area (Å²) in [6, 6.07) is 12.2. The molecule has 0 bridgehead atoms. The molecule has 16 heavy (non-hydrogen) atoms. The maximum Gasteiger partial charge on any atom is 0.0991 e. The molecular formula is C15H15N. The lowest BCUT2D eigenvalue weighted by Crippen LogP contribution is -1.73. The fraction of sp³-hybridized carbons (Fsp3) is 0.133. The van der Waals surface area contributed by atoms with Crippen LogP contribution in [0.25, 0.3) is 6.08 Å². The lowest BCUT2D eigenvalue weighted by Gasteiger charge is -1.90. The molecule has 1 heteroatoms. The van der Waals surface area contributed by atoms with E-state index in [9.17, 15) is 0 Å². The Morgan fingerprint density at radius 2 is 1.88 bits per heavy atom. The summed E-state index contributed by atoms with van der Waals surface area (Å²) in [6.45, 7) is 3.96. The highest BCUT2D eigenvalue weighted by Gasteiger charge is 1.87. The van der Waals surface area contributed by atoms with Crippen molar-refractivity contribution in [3.05, 3.63) is 65.3 Å². The highest BCUT2D eigenvalue weighted by atomic mass is 14.2. The standard InChI is InChI=1S/C15H15N/c1-13(2)11-15(12-16)10-6-9-14-7-4-3-5-8-14/h3-11H,1-2H3/b9-6+,15-10+. The Bertz CT molecular complexity index is 452. The Kier molecular flexibility index (Phi) is 4.82. The second-order valence-electron chi connectivity index (χ2n) is 3.73. The average Bonchev–Trinajstić information content (AvgIpc) is 2.28. The maximum absolute atomic E-state index is 8.88. The second kappa shape index (κ2) is 6.42. The molecule has 0 unspecified atom stereocenters. The van der Waals surface area contributed by atoms with Gasteiger partial charge in [-0.05, 0) is 31.6 Å². The summed E-state index contributed by atoms with van der Waals surface area (Å²) in [6.07, 6.45) is 7.57. The van der Waals surface area contributed by atoms with Crippen LogP contribution in [0.3, 0.4) is 0 Å². The van der Waals surface area contributed by atoms with Crippen LogP contribution in [0.4, 0.5) is 0 Å². The monoisotopic (exact) mass is 209 g/mol. The van der Waals surface area contributed by atoms with E-state index in [2.05, 4.69) is 6.07 Å². The first-order valence-corrected chi connectivity index (χ1v) is 5.21. The average molecular weight is 209 g/mol. The SMILES string of the molecule is CC(C)=C/C(C#N)=C\C=C\c1ccccc1. The summed E-state index contributed by atoms with van der Waals surface area (Å²) in [7, 11) is 0. The van der Waals surface area contributed by atoms with Gasteiger partial charge < -0.3 is 0 Å². The lowest BCUT2D eigenvalue weighted by molar-refractivity contribution is 1.37. The van der Waals surface area contributed by atoms with Gasteiger partial charge >= 0.3 is 0 Å². The van der Waals surface area contributed by atoms with Gasteiger partial charge in [-0.25, -0.2) is 0 Å². The molecule has 0 saturated carbocycles. The molecule has 1 nitrogen and oxygen atoms in total. The van der Waals surface area contributed by atoms with Crippen LogP contribution in [-0.2, 0) is 0 Å². The summed E-state index contributed by atoms with van der Waals surface area (Å²) in [4.78, 5) is 0. The highest BCUT2D eigenvalue weighted by molar-refractivity contribution is 5.52. The van der Waals surface area contributed by atoms with Crippen LogP contribution in [-0.4, -0.2) is 0 Å². The molecule has 1 aromatic carbocycles. The van der Waals surface area contributed by atoms with Crippen molar-refractivity contribution in [3.63, 3.8) is 0 Å². The van der Waals surface area contributed by atoms with E-state index in [1.807, 2.05) is 68.5 Å². The first-order chi connectivity index (χ1) is 7.72. The molecule has 0 radical (unpaired) electrons. The van der Waals surface area contributed by atoms with Gasteiger partial charge in [-0.3, -0.25) is 0 Å². The molecule has 0 saturated heterocycles. The van der Waals surface area contributed by atoms with E-state index in [0.717, 1.165) is 11.1 Å². The van der Waals surface area contributed by atoms with Gasteiger partial charge in [-0.15, -0.1) is 0 Å². The molecule has 0 amide bonds. The Balaban J connectivity index is 2.76. The minimum absolute atomic E-state index is 0.673. The molecule has 0 aliphatic carbocycles. The normalized spacial score (nSPS) is 11.2. The predicted octanol–water partition coefficient (Wildman–Crippen LogP) is 4.12. The number of nitriles is 1. The Morgan fingerprint density at radius 3 is 2.44 bits per heavy atom. The molecule has 0 fully saturated rings. The van der Waals surface area contributed by atoms with Crippen LogP contribution in [0.2, 0.25) is 0 Å². The Morgan fingerprint density at radius 1 is 1.19 bits per heavy atom. The van der Waals surface area contributed by atoms with E-state index in [4.69, 9.17) is 5.26 Å². The van der Waals surface area contributed by atoms with Crippen LogP contribution in [0.1, 0.15) is 19.4 Å². The smallest absolute Gasteiger partial charge is 0.0991 e. The van der Waals surface area contributed by atoms with E-state index in [0.29, 0.717) is 5.57 Å². The molecule has 1 aromatic rings. The molecule has 0 N–H and O–H groups in total. The van der Waals surface area contributed by atoms with E-state index >= 15 is 0 Å². The van der Waals surface area contributed by atoms with Crippen molar-refractivity contribution in [2.45, 2.75) is 13.8 Å². The number of hydrogen-bond acceptors (Lipinski definition) is 1. The van der Waals surface area contributed by atoms with Crippen molar-refractivity contribution >= 4 is 6.08 Å². The van der Waals surface area contributed by atoms with Gasteiger partial charge in [-0.2, -0.15) is 5.26 Å². The zero-order valence-electron chi connectivity index (χ0n) is 9.64. The van der Waals surface area contributed by atoms with Gasteiger partial charge in [0.15, 0.2) is 0 Å². The van der Waals surface area contributed by atoms with Gasteiger partial charge in [0.25, 0.3) is 0 Å². The minimum Gasteiger partial charge on any atom is -0.192 e. The molecule has 0 spiro atoms. The molecule has 0 heterocycles. The number of rotatable bonds is 3. The summed E-state index contributed by atoms with van der Waals surface area (Å²) in [5.74, 6) is 0. The largest absolute Gasteiger partial charge is 0.192 e. The number of benzene rings is 1. The molecule has 0 aromatic heterocycles. The molecule has 1 rings (SSSR count). The summed E-state index contributed by atoms with van der Waals surface area (Å²) in [5.41, 5.74) is 2.93. The van der Waals surface area contributed by atoms with Gasteiger partial charge in [0.05, 0.1) is 11.6 Å². The van der Waals surface area contributed by atoms with Crippen LogP contribution < -0.4 is 0 Å². The molecule has 0 atom stereocenters. The predicted molar refractivity (Wildman–Crippen MR) is 68.6 cm³/mol. The number of hydrogen-bond donors (Lipinski definition) is 0. The molecular weight excluding hydrogens is 194 g/mol. The van der Waals surface area contributed by atoms with Crippen LogP contribution in [0.15, 0.2) is 59.7 Å². The van der Waals surface area contributed by atoms with Gasteiger partial charge in [-0.1, -0.05) is 48.1 Å². The van der Waals surface area contributed by atoms with Crippen molar-refractivity contribution in [2.24, 2.45) is 0 Å². The molecule has 80 valence electrons. The van der Waals surface area contributed by atoms with E-state index in [1.165, 1.54) is 0 Å². The number of nitrogens with zero attached hydrogens (tertiary/aromatic N) is 1. The van der Waals surface area contributed by atoms with Gasteiger partial charge in [0.2, 0.25) is 0 Å². The third kappa shape index (κ3) is 4.43. The third-order valence-corrected chi connectivity index (χ3v) is 1.94. The summed E-state index contributed by atoms with van der Waals surface area (Å²) in [5, 5.41) is 8.88. The first-order valence-electron chi connectivity index (χ1n) is 5.21. The second-order valence-corrected chi connectivity index (χ2v) is 3.73. The van der Waals surface area contributed by atoms with Crippen molar-refractivity contribution in [3.8, 4) is 6.07 Å². The van der Waals surface area contributed by atoms with Crippen molar-refractivity contribution in [1.82, 2.24) is 0 Å². The molecule has 0 aliphatic heterocycles. The van der Waals surface area contributed by atoms with Crippen LogP contribution >= 0.6 is 0 Å². The van der Waals surface area contributed by atoms with Gasteiger partial charge in [0, 0.05) is 0 Å².